The van der Waals surface area contributed by atoms with Crippen LogP contribution in [0.3, 0.4) is 0 Å². The Morgan fingerprint density at radius 2 is 2.00 bits per heavy atom. The van der Waals surface area contributed by atoms with Crippen LogP contribution >= 0.6 is 0 Å². The molecule has 0 radical (unpaired) electrons. The lowest BCUT2D eigenvalue weighted by Crippen LogP contribution is -2.37. The third-order valence-electron chi connectivity index (χ3n) is 3.24. The first-order valence-electron chi connectivity index (χ1n) is 7.17. The Bertz CT molecular complexity index is 862. The predicted octanol–water partition coefficient (Wildman–Crippen LogP) is 1.40. The van der Waals surface area contributed by atoms with Crippen LogP contribution < -0.4 is 19.1 Å². The van der Waals surface area contributed by atoms with Gasteiger partial charge in [0.1, 0.15) is 23.8 Å². The smallest absolute Gasteiger partial charge is 0.246 e. The molecule has 0 aliphatic rings. The van der Waals surface area contributed by atoms with Crippen molar-refractivity contribution in [1.29, 1.82) is 0 Å². The number of carbonyl (C=O) groups excluding carboxylic acids is 1. The summed E-state index contributed by atoms with van der Waals surface area (Å²) in [5.41, 5.74) is 0.220. The number of nitrogens with zero attached hydrogens (tertiary/aromatic N) is 2. The summed E-state index contributed by atoms with van der Waals surface area (Å²) >= 11 is 0. The van der Waals surface area contributed by atoms with Crippen molar-refractivity contribution in [3.05, 3.63) is 30.0 Å². The van der Waals surface area contributed by atoms with Crippen LogP contribution in [0.4, 0.5) is 11.5 Å². The number of benzene rings is 1. The van der Waals surface area contributed by atoms with Crippen LogP contribution in [0.1, 0.15) is 5.76 Å². The fourth-order valence-electron chi connectivity index (χ4n) is 2.11. The van der Waals surface area contributed by atoms with E-state index in [0.717, 1.165) is 10.6 Å². The van der Waals surface area contributed by atoms with Gasteiger partial charge in [-0.05, 0) is 19.1 Å². The summed E-state index contributed by atoms with van der Waals surface area (Å²) in [4.78, 5) is 12.2. The second kappa shape index (κ2) is 7.43. The van der Waals surface area contributed by atoms with Gasteiger partial charge in [-0.2, -0.15) is 0 Å². The predicted molar refractivity (Wildman–Crippen MR) is 91.6 cm³/mol. The second-order valence-corrected chi connectivity index (χ2v) is 7.09. The summed E-state index contributed by atoms with van der Waals surface area (Å²) < 4.78 is 40.5. The maximum atomic E-state index is 12.2. The molecule has 0 unspecified atom stereocenters. The molecule has 9 nitrogen and oxygen atoms in total. The molecule has 1 aromatic heterocycles. The molecule has 0 spiro atoms. The number of aryl methyl sites for hydroxylation is 1. The number of ether oxygens (including phenoxy) is 2. The van der Waals surface area contributed by atoms with Crippen molar-refractivity contribution < 1.29 is 27.2 Å². The van der Waals surface area contributed by atoms with Crippen LogP contribution in [0.2, 0.25) is 0 Å². The highest BCUT2D eigenvalue weighted by molar-refractivity contribution is 7.92. The lowest BCUT2D eigenvalue weighted by atomic mass is 10.2. The number of carbonyl (C=O) groups is 1. The molecule has 0 saturated carbocycles. The zero-order valence-corrected chi connectivity index (χ0v) is 15.1. The molecular weight excluding hydrogens is 350 g/mol. The van der Waals surface area contributed by atoms with Crippen LogP contribution in [-0.4, -0.2) is 46.5 Å². The SMILES string of the molecule is COc1ccc(N(CC(=O)Nc2cc(C)on2)S(C)(=O)=O)c(OC)c1. The molecule has 1 amide bonds. The lowest BCUT2D eigenvalue weighted by Gasteiger charge is -2.23. The molecule has 10 heteroatoms. The first-order chi connectivity index (χ1) is 11.7. The molecule has 0 aliphatic heterocycles. The van der Waals surface area contributed by atoms with Gasteiger partial charge in [-0.15, -0.1) is 0 Å². The third-order valence-corrected chi connectivity index (χ3v) is 4.37. The van der Waals surface area contributed by atoms with Gasteiger partial charge < -0.3 is 19.3 Å². The molecule has 0 bridgehead atoms. The van der Waals surface area contributed by atoms with Gasteiger partial charge in [0.2, 0.25) is 15.9 Å². The Balaban J connectivity index is 2.29. The fraction of sp³-hybridized carbons (Fsp3) is 0.333. The molecule has 2 rings (SSSR count). The number of hydrogen-bond donors (Lipinski definition) is 1. The second-order valence-electron chi connectivity index (χ2n) is 5.18. The Morgan fingerprint density at radius 3 is 2.52 bits per heavy atom. The number of sulfonamides is 1. The van der Waals surface area contributed by atoms with Gasteiger partial charge in [0.05, 0.1) is 26.2 Å². The minimum absolute atomic E-state index is 0.206. The van der Waals surface area contributed by atoms with E-state index < -0.39 is 22.5 Å². The number of anilines is 2. The van der Waals surface area contributed by atoms with Gasteiger partial charge in [-0.3, -0.25) is 9.10 Å². The monoisotopic (exact) mass is 369 g/mol. The van der Waals surface area contributed by atoms with E-state index in [1.54, 1.807) is 13.0 Å². The van der Waals surface area contributed by atoms with Crippen LogP contribution in [0, 0.1) is 6.92 Å². The Kier molecular flexibility index (Phi) is 5.52. The normalized spacial score (nSPS) is 11.0. The zero-order chi connectivity index (χ0) is 18.6. The average molecular weight is 369 g/mol. The molecule has 136 valence electrons. The largest absolute Gasteiger partial charge is 0.497 e. The fourth-order valence-corrected chi connectivity index (χ4v) is 2.97. The Morgan fingerprint density at radius 1 is 1.28 bits per heavy atom. The molecule has 0 fully saturated rings. The van der Waals surface area contributed by atoms with Crippen LogP contribution in [-0.2, 0) is 14.8 Å². The van der Waals surface area contributed by atoms with E-state index in [-0.39, 0.29) is 17.3 Å². The summed E-state index contributed by atoms with van der Waals surface area (Å²) in [5, 5.41) is 6.12. The van der Waals surface area contributed by atoms with Crippen molar-refractivity contribution in [2.75, 3.05) is 36.6 Å². The van der Waals surface area contributed by atoms with Gasteiger partial charge in [0.15, 0.2) is 5.82 Å². The number of hydrogen-bond acceptors (Lipinski definition) is 7. The minimum Gasteiger partial charge on any atom is -0.497 e. The third kappa shape index (κ3) is 4.63. The maximum absolute atomic E-state index is 12.2. The summed E-state index contributed by atoms with van der Waals surface area (Å²) in [6, 6.07) is 6.14. The van der Waals surface area contributed by atoms with Crippen LogP contribution in [0.25, 0.3) is 0 Å². The molecule has 25 heavy (non-hydrogen) atoms. The molecule has 0 aliphatic carbocycles. The van der Waals surface area contributed by atoms with Gasteiger partial charge in [0, 0.05) is 12.1 Å². The van der Waals surface area contributed by atoms with E-state index in [9.17, 15) is 13.2 Å². The molecule has 2 aromatic rings. The zero-order valence-electron chi connectivity index (χ0n) is 14.3. The van der Waals surface area contributed by atoms with Gasteiger partial charge >= 0.3 is 0 Å². The molecular formula is C15H19N3O6S. The number of amides is 1. The molecule has 0 saturated heterocycles. The van der Waals surface area contributed by atoms with Crippen molar-refractivity contribution in [2.24, 2.45) is 0 Å². The van der Waals surface area contributed by atoms with Crippen molar-refractivity contribution >= 4 is 27.4 Å². The molecule has 1 heterocycles. The molecule has 0 atom stereocenters. The van der Waals surface area contributed by atoms with Crippen molar-refractivity contribution in [3.8, 4) is 11.5 Å². The number of rotatable bonds is 7. The summed E-state index contributed by atoms with van der Waals surface area (Å²) in [6.07, 6.45) is 1.00. The lowest BCUT2D eigenvalue weighted by molar-refractivity contribution is -0.114. The minimum atomic E-state index is -3.74. The standard InChI is InChI=1S/C15H19N3O6S/c1-10-7-14(17-24-10)16-15(19)9-18(25(4,20)21)12-6-5-11(22-2)8-13(12)23-3/h5-8H,9H2,1-4H3,(H,16,17,19). The number of aromatic nitrogens is 1. The van der Waals surface area contributed by atoms with E-state index in [1.165, 1.54) is 32.4 Å². The highest BCUT2D eigenvalue weighted by Crippen LogP contribution is 2.33. The average Bonchev–Trinajstić information content (AvgIpc) is 2.96. The highest BCUT2D eigenvalue weighted by atomic mass is 32.2. The van der Waals surface area contributed by atoms with Crippen molar-refractivity contribution in [2.45, 2.75) is 6.92 Å². The van der Waals surface area contributed by atoms with Crippen molar-refractivity contribution in [3.63, 3.8) is 0 Å². The van der Waals surface area contributed by atoms with Crippen LogP contribution in [0.15, 0.2) is 28.8 Å². The number of methoxy groups -OCH3 is 2. The maximum Gasteiger partial charge on any atom is 0.246 e. The number of nitrogens with one attached hydrogen (secondary N) is 1. The Hall–Kier alpha value is -2.75. The van der Waals surface area contributed by atoms with E-state index in [2.05, 4.69) is 10.5 Å². The van der Waals surface area contributed by atoms with E-state index in [4.69, 9.17) is 14.0 Å². The Labute approximate surface area is 145 Å². The van der Waals surface area contributed by atoms with Crippen LogP contribution in [0.5, 0.6) is 11.5 Å². The topological polar surface area (TPSA) is 111 Å². The molecule has 1 aromatic carbocycles. The quantitative estimate of drug-likeness (QED) is 0.785. The van der Waals surface area contributed by atoms with Gasteiger partial charge in [-0.25, -0.2) is 8.42 Å². The molecule has 1 N–H and O–H groups in total. The van der Waals surface area contributed by atoms with Crippen molar-refractivity contribution in [1.82, 2.24) is 5.16 Å². The summed E-state index contributed by atoms with van der Waals surface area (Å²) in [5.74, 6) is 0.910. The van der Waals surface area contributed by atoms with E-state index in [0.29, 0.717) is 11.5 Å². The van der Waals surface area contributed by atoms with Gasteiger partial charge in [0.25, 0.3) is 0 Å². The highest BCUT2D eigenvalue weighted by Gasteiger charge is 2.24. The van der Waals surface area contributed by atoms with E-state index >= 15 is 0 Å². The first kappa shape index (κ1) is 18.6. The van der Waals surface area contributed by atoms with E-state index in [1.807, 2.05) is 0 Å². The summed E-state index contributed by atoms with van der Waals surface area (Å²) in [6.45, 7) is 1.22. The summed E-state index contributed by atoms with van der Waals surface area (Å²) in [7, 11) is -0.862. The van der Waals surface area contributed by atoms with Gasteiger partial charge in [-0.1, -0.05) is 5.16 Å². The first-order valence-corrected chi connectivity index (χ1v) is 9.02.